The second-order valence-corrected chi connectivity index (χ2v) is 7.47. The summed E-state index contributed by atoms with van der Waals surface area (Å²) in [5.41, 5.74) is 5.84. The first kappa shape index (κ1) is 24.4. The quantitative estimate of drug-likeness (QED) is 0.342. The average Bonchev–Trinajstić information content (AvgIpc) is 2.68. The molecule has 13 heteroatoms. The number of carbonyl (C=O) groups is 2. The molecule has 0 aromatic heterocycles. The minimum atomic E-state index is -5.31. The summed E-state index contributed by atoms with van der Waals surface area (Å²) in [7, 11) is 0. The number of aromatic hydroxyl groups is 1. The van der Waals surface area contributed by atoms with Gasteiger partial charge in [0, 0.05) is 30.8 Å². The molecule has 7 nitrogen and oxygen atoms in total. The molecule has 0 saturated carbocycles. The number of piperidine rings is 1. The van der Waals surface area contributed by atoms with Crippen molar-refractivity contribution < 1.29 is 42.1 Å². The molecule has 30 heavy (non-hydrogen) atoms. The van der Waals surface area contributed by atoms with Crippen molar-refractivity contribution in [3.63, 3.8) is 0 Å². The number of benzene rings is 1. The Balaban J connectivity index is 2.05. The van der Waals surface area contributed by atoms with Gasteiger partial charge in [-0.1, -0.05) is 23.2 Å². The van der Waals surface area contributed by atoms with E-state index in [0.717, 1.165) is 11.0 Å². The van der Waals surface area contributed by atoms with Crippen molar-refractivity contribution in [1.29, 1.82) is 0 Å². The Morgan fingerprint density at radius 1 is 1.30 bits per heavy atom. The first-order valence-electron chi connectivity index (χ1n) is 8.67. The van der Waals surface area contributed by atoms with E-state index in [1.165, 1.54) is 0 Å². The van der Waals surface area contributed by atoms with Crippen molar-refractivity contribution >= 4 is 35.1 Å². The topological polar surface area (TPSA) is 113 Å². The van der Waals surface area contributed by atoms with Crippen LogP contribution in [0.1, 0.15) is 24.4 Å². The van der Waals surface area contributed by atoms with Crippen LogP contribution >= 0.6 is 23.2 Å². The molecule has 4 N–H and O–H groups in total. The summed E-state index contributed by atoms with van der Waals surface area (Å²) in [4.78, 5) is 24.3. The van der Waals surface area contributed by atoms with Gasteiger partial charge in [-0.25, -0.2) is 9.18 Å². The van der Waals surface area contributed by atoms with E-state index in [1.54, 1.807) is 0 Å². The van der Waals surface area contributed by atoms with Gasteiger partial charge in [-0.2, -0.15) is 13.2 Å². The fourth-order valence-corrected chi connectivity index (χ4v) is 3.54. The maximum atomic E-state index is 14.4. The lowest BCUT2D eigenvalue weighted by Crippen LogP contribution is -2.48. The lowest BCUT2D eigenvalue weighted by molar-refractivity contribution is -0.208. The Labute approximate surface area is 178 Å². The number of aliphatic hydroxyl groups is 1. The van der Waals surface area contributed by atoms with Crippen LogP contribution in [0.3, 0.4) is 0 Å². The zero-order chi connectivity index (χ0) is 22.8. The predicted molar refractivity (Wildman–Crippen MR) is 97.3 cm³/mol. The summed E-state index contributed by atoms with van der Waals surface area (Å²) in [5.74, 6) is -5.43. The number of phenolic OH excluding ortho intramolecular Hbond substituents is 1. The number of likely N-dealkylation sites (tertiary alicyclic amines) is 1. The fraction of sp³-hybridized carbons (Fsp3) is 0.529. The Bertz CT molecular complexity index is 816. The van der Waals surface area contributed by atoms with E-state index in [9.17, 15) is 32.3 Å². The molecule has 2 rings (SSSR count). The number of nitrogens with two attached hydrogens (primary N) is 1. The number of aliphatic hydroxyl groups excluding tert-OH is 1. The maximum Gasteiger partial charge on any atom is 0.490 e. The lowest BCUT2D eigenvalue weighted by atomic mass is 9.85. The maximum absolute atomic E-state index is 14.4. The highest BCUT2D eigenvalue weighted by molar-refractivity contribution is 6.42. The van der Waals surface area contributed by atoms with E-state index < -0.39 is 59.3 Å². The van der Waals surface area contributed by atoms with Gasteiger partial charge in [0.05, 0.1) is 16.7 Å². The van der Waals surface area contributed by atoms with Crippen molar-refractivity contribution in [2.75, 3.05) is 19.7 Å². The molecule has 1 aromatic rings. The van der Waals surface area contributed by atoms with Crippen molar-refractivity contribution in [2.24, 2.45) is 11.7 Å². The van der Waals surface area contributed by atoms with Crippen LogP contribution in [0.25, 0.3) is 0 Å². The molecule has 168 valence electrons. The zero-order valence-electron chi connectivity index (χ0n) is 15.3. The highest BCUT2D eigenvalue weighted by Crippen LogP contribution is 2.40. The Hall–Kier alpha value is -1.82. The first-order chi connectivity index (χ1) is 13.9. The van der Waals surface area contributed by atoms with E-state index in [0.29, 0.717) is 0 Å². The number of amides is 1. The molecule has 0 aliphatic carbocycles. The summed E-state index contributed by atoms with van der Waals surface area (Å²) >= 11 is 11.5. The van der Waals surface area contributed by atoms with E-state index >= 15 is 0 Å². The van der Waals surface area contributed by atoms with Crippen LogP contribution in [0.2, 0.25) is 10.0 Å². The Morgan fingerprint density at radius 2 is 1.87 bits per heavy atom. The van der Waals surface area contributed by atoms with Crippen molar-refractivity contribution in [1.82, 2.24) is 4.90 Å². The van der Waals surface area contributed by atoms with Gasteiger partial charge in [0.15, 0.2) is 5.82 Å². The van der Waals surface area contributed by atoms with E-state index in [4.69, 9.17) is 34.0 Å². The highest BCUT2D eigenvalue weighted by Gasteiger charge is 2.44. The number of nitrogens with zero attached hydrogens (tertiary/aromatic N) is 1. The normalized spacial score (nSPS) is 17.5. The van der Waals surface area contributed by atoms with Gasteiger partial charge < -0.3 is 25.6 Å². The molecule has 1 aliphatic rings. The van der Waals surface area contributed by atoms with Gasteiger partial charge in [-0.15, -0.1) is 0 Å². The number of phenols is 1. The summed E-state index contributed by atoms with van der Waals surface area (Å²) in [5, 5.41) is 18.5. The Kier molecular flexibility index (Phi) is 7.78. The van der Waals surface area contributed by atoms with Crippen molar-refractivity contribution in [3.05, 3.63) is 27.5 Å². The third-order valence-corrected chi connectivity index (χ3v) is 5.56. The first-order valence-corrected chi connectivity index (χ1v) is 9.43. The van der Waals surface area contributed by atoms with Crippen LogP contribution in [-0.4, -0.2) is 59.0 Å². The van der Waals surface area contributed by atoms with Crippen LogP contribution in [-0.2, 0) is 14.3 Å². The van der Waals surface area contributed by atoms with Crippen molar-refractivity contribution in [2.45, 2.75) is 31.2 Å². The predicted octanol–water partition coefficient (Wildman–Crippen LogP) is 2.54. The van der Waals surface area contributed by atoms with Gasteiger partial charge in [0.25, 0.3) is 5.91 Å². The van der Waals surface area contributed by atoms with Gasteiger partial charge in [0.2, 0.25) is 6.10 Å². The van der Waals surface area contributed by atoms with Crippen LogP contribution in [0.5, 0.6) is 5.75 Å². The molecule has 1 fully saturated rings. The number of alkyl halides is 3. The van der Waals surface area contributed by atoms with Crippen LogP contribution in [0, 0.1) is 11.7 Å². The van der Waals surface area contributed by atoms with Crippen molar-refractivity contribution in [3.8, 4) is 5.75 Å². The standard InChI is InChI=1S/C17H18Cl2F4N2O5/c18-8-5-9(27)11(13(20)12(8)19)14(24)7-1-3-25(4-2-7)15(28)10(6-26)30-16(29)17(21,22)23/h5,7,10,14,26-27H,1-4,6,24H2/t10-,14?/m1/s1. The molecule has 0 radical (unpaired) electrons. The number of hydrogen-bond acceptors (Lipinski definition) is 6. The number of hydrogen-bond donors (Lipinski definition) is 3. The van der Waals surface area contributed by atoms with Gasteiger partial charge in [-0.3, -0.25) is 4.79 Å². The molecule has 1 aliphatic heterocycles. The minimum absolute atomic E-state index is 0.000963. The van der Waals surface area contributed by atoms with Gasteiger partial charge >= 0.3 is 12.1 Å². The molecular formula is C17H18Cl2F4N2O5. The number of rotatable bonds is 5. The average molecular weight is 477 g/mol. The van der Waals surface area contributed by atoms with E-state index in [1.807, 2.05) is 0 Å². The summed E-state index contributed by atoms with van der Waals surface area (Å²) in [6, 6.07) is 0.0653. The fourth-order valence-electron chi connectivity index (χ4n) is 3.19. The lowest BCUT2D eigenvalue weighted by Gasteiger charge is -2.36. The second kappa shape index (κ2) is 9.54. The summed E-state index contributed by atoms with van der Waals surface area (Å²) in [6.45, 7) is -1.12. The Morgan fingerprint density at radius 3 is 2.37 bits per heavy atom. The SMILES string of the molecule is NC(c1c(O)cc(Cl)c(Cl)c1F)C1CCN(C(=O)[C@@H](CO)OC(=O)C(F)(F)F)CC1. The number of carbonyl (C=O) groups excluding carboxylic acids is 2. The largest absolute Gasteiger partial charge is 0.507 e. The molecule has 1 aromatic carbocycles. The smallest absolute Gasteiger partial charge is 0.490 e. The summed E-state index contributed by atoms with van der Waals surface area (Å²) in [6.07, 6.45) is -6.89. The number of ether oxygens (including phenoxy) is 1. The van der Waals surface area contributed by atoms with E-state index in [-0.39, 0.29) is 36.5 Å². The molecule has 1 unspecified atom stereocenters. The minimum Gasteiger partial charge on any atom is -0.507 e. The third kappa shape index (κ3) is 5.26. The molecule has 1 saturated heterocycles. The molecule has 1 heterocycles. The number of halogens is 6. The molecule has 2 atom stereocenters. The van der Waals surface area contributed by atoms with Crippen LogP contribution < -0.4 is 5.73 Å². The van der Waals surface area contributed by atoms with Gasteiger partial charge in [-0.05, 0) is 18.8 Å². The molecular weight excluding hydrogens is 459 g/mol. The van der Waals surface area contributed by atoms with Gasteiger partial charge in [0.1, 0.15) is 5.75 Å². The molecule has 1 amide bonds. The number of esters is 1. The zero-order valence-corrected chi connectivity index (χ0v) is 16.8. The van der Waals surface area contributed by atoms with Crippen LogP contribution in [0.15, 0.2) is 6.07 Å². The van der Waals surface area contributed by atoms with Crippen LogP contribution in [0.4, 0.5) is 17.6 Å². The highest BCUT2D eigenvalue weighted by atomic mass is 35.5. The third-order valence-electron chi connectivity index (χ3n) is 4.79. The summed E-state index contributed by atoms with van der Waals surface area (Å²) < 4.78 is 55.4. The monoisotopic (exact) mass is 476 g/mol. The second-order valence-electron chi connectivity index (χ2n) is 6.68. The molecule has 0 bridgehead atoms. The molecule has 0 spiro atoms. The van der Waals surface area contributed by atoms with E-state index in [2.05, 4.69) is 4.74 Å².